The number of unbranched alkanes of at least 4 members (excludes halogenated alkanes) is 2. The van der Waals surface area contributed by atoms with Crippen molar-refractivity contribution < 1.29 is 5.11 Å². The fraction of sp³-hybridized carbons (Fsp3) is 1.00. The van der Waals surface area contributed by atoms with Crippen LogP contribution in [-0.4, -0.2) is 42.3 Å². The number of likely N-dealkylation sites (N-methyl/N-ethyl adjacent to an activating group) is 1. The summed E-state index contributed by atoms with van der Waals surface area (Å²) in [5.41, 5.74) is 6.06. The Morgan fingerprint density at radius 3 is 2.13 bits per heavy atom. The third-order valence-corrected chi connectivity index (χ3v) is 3.66. The van der Waals surface area contributed by atoms with Crippen molar-refractivity contribution in [1.29, 1.82) is 0 Å². The van der Waals surface area contributed by atoms with Crippen LogP contribution in [0.15, 0.2) is 0 Å². The third-order valence-electron chi connectivity index (χ3n) is 3.66. The quantitative estimate of drug-likeness (QED) is 0.576. The summed E-state index contributed by atoms with van der Waals surface area (Å²) in [6, 6.07) is 0. The molecular weight excluding hydrogens is 188 g/mol. The van der Waals surface area contributed by atoms with Gasteiger partial charge >= 0.3 is 0 Å². The highest BCUT2D eigenvalue weighted by molar-refractivity contribution is 4.87. The van der Waals surface area contributed by atoms with Gasteiger partial charge in [0.2, 0.25) is 0 Å². The van der Waals surface area contributed by atoms with E-state index in [1.165, 1.54) is 0 Å². The monoisotopic (exact) mass is 216 g/mol. The predicted octanol–water partition coefficient (Wildman–Crippen LogP) is 1.60. The van der Waals surface area contributed by atoms with E-state index >= 15 is 0 Å². The van der Waals surface area contributed by atoms with Gasteiger partial charge in [-0.25, -0.2) is 0 Å². The number of aliphatic hydroxyl groups excluding tert-OH is 1. The van der Waals surface area contributed by atoms with Gasteiger partial charge in [-0.1, -0.05) is 13.8 Å². The summed E-state index contributed by atoms with van der Waals surface area (Å²) in [4.78, 5) is 2.39. The Balaban J connectivity index is 3.97. The summed E-state index contributed by atoms with van der Waals surface area (Å²) in [5.74, 6) is 0. The second kappa shape index (κ2) is 8.08. The lowest BCUT2D eigenvalue weighted by atomic mass is 9.91. The van der Waals surface area contributed by atoms with E-state index in [1.54, 1.807) is 0 Å². The molecule has 3 nitrogen and oxygen atoms in total. The molecule has 0 bridgehead atoms. The maximum absolute atomic E-state index is 8.70. The van der Waals surface area contributed by atoms with Gasteiger partial charge in [0.25, 0.3) is 0 Å². The van der Waals surface area contributed by atoms with Crippen molar-refractivity contribution in [2.75, 3.05) is 26.7 Å². The Labute approximate surface area is 94.6 Å². The first-order valence-corrected chi connectivity index (χ1v) is 6.19. The maximum Gasteiger partial charge on any atom is 0.0431 e. The van der Waals surface area contributed by atoms with Crippen molar-refractivity contribution in [2.24, 2.45) is 5.73 Å². The van der Waals surface area contributed by atoms with E-state index in [0.29, 0.717) is 6.61 Å². The first-order valence-electron chi connectivity index (χ1n) is 6.19. The first-order chi connectivity index (χ1) is 7.16. The minimum atomic E-state index is 0.180. The van der Waals surface area contributed by atoms with Crippen LogP contribution in [-0.2, 0) is 0 Å². The molecule has 0 radical (unpaired) electrons. The molecule has 0 aromatic carbocycles. The summed E-state index contributed by atoms with van der Waals surface area (Å²) < 4.78 is 0. The van der Waals surface area contributed by atoms with Gasteiger partial charge in [0.1, 0.15) is 0 Å². The highest BCUT2D eigenvalue weighted by Gasteiger charge is 2.28. The molecule has 0 fully saturated rings. The first kappa shape index (κ1) is 14.9. The van der Waals surface area contributed by atoms with E-state index in [2.05, 4.69) is 25.8 Å². The van der Waals surface area contributed by atoms with Gasteiger partial charge < -0.3 is 10.8 Å². The molecule has 3 N–H and O–H groups in total. The van der Waals surface area contributed by atoms with Crippen LogP contribution in [0, 0.1) is 0 Å². The smallest absolute Gasteiger partial charge is 0.0431 e. The highest BCUT2D eigenvalue weighted by atomic mass is 16.2. The van der Waals surface area contributed by atoms with Crippen LogP contribution in [0.1, 0.15) is 46.0 Å². The molecule has 0 aromatic rings. The summed E-state index contributed by atoms with van der Waals surface area (Å²) in [7, 11) is 2.17. The molecule has 0 rings (SSSR count). The molecular formula is C12H28N2O. The molecule has 0 saturated carbocycles. The number of nitrogens with two attached hydrogens (primary N) is 1. The van der Waals surface area contributed by atoms with E-state index in [-0.39, 0.29) is 5.54 Å². The van der Waals surface area contributed by atoms with E-state index < -0.39 is 0 Å². The number of hydrogen-bond acceptors (Lipinski definition) is 3. The Morgan fingerprint density at radius 2 is 1.73 bits per heavy atom. The molecule has 92 valence electrons. The molecule has 0 atom stereocenters. The zero-order valence-corrected chi connectivity index (χ0v) is 10.6. The van der Waals surface area contributed by atoms with Crippen molar-refractivity contribution in [1.82, 2.24) is 4.90 Å². The minimum absolute atomic E-state index is 0.180. The second-order valence-corrected chi connectivity index (χ2v) is 4.34. The zero-order valence-electron chi connectivity index (χ0n) is 10.6. The number of aliphatic hydroxyl groups is 1. The largest absolute Gasteiger partial charge is 0.396 e. The SMILES string of the molecule is CCC(CC)(CN)N(C)CCCCCO. The van der Waals surface area contributed by atoms with E-state index in [4.69, 9.17) is 10.8 Å². The molecule has 15 heavy (non-hydrogen) atoms. The number of rotatable bonds is 9. The number of hydrogen-bond donors (Lipinski definition) is 2. The van der Waals surface area contributed by atoms with Crippen molar-refractivity contribution >= 4 is 0 Å². The Hall–Kier alpha value is -0.120. The van der Waals surface area contributed by atoms with Crippen LogP contribution in [0.3, 0.4) is 0 Å². The molecule has 0 heterocycles. The fourth-order valence-electron chi connectivity index (χ4n) is 2.11. The van der Waals surface area contributed by atoms with Gasteiger partial charge in [-0.05, 0) is 45.7 Å². The molecule has 0 amide bonds. The summed E-state index contributed by atoms with van der Waals surface area (Å²) in [5, 5.41) is 8.70. The Kier molecular flexibility index (Phi) is 8.02. The molecule has 3 heteroatoms. The normalized spacial score (nSPS) is 12.4. The maximum atomic E-state index is 8.70. The van der Waals surface area contributed by atoms with Gasteiger partial charge in [0.05, 0.1) is 0 Å². The molecule has 0 aromatic heterocycles. The zero-order chi connectivity index (χ0) is 11.7. The minimum Gasteiger partial charge on any atom is -0.396 e. The predicted molar refractivity (Wildman–Crippen MR) is 65.9 cm³/mol. The summed E-state index contributed by atoms with van der Waals surface area (Å²) in [6.45, 7) is 6.55. The molecule has 0 unspecified atom stereocenters. The topological polar surface area (TPSA) is 49.5 Å². The van der Waals surface area contributed by atoms with Crippen molar-refractivity contribution in [3.05, 3.63) is 0 Å². The van der Waals surface area contributed by atoms with Gasteiger partial charge in [0.15, 0.2) is 0 Å². The molecule has 0 aliphatic carbocycles. The average molecular weight is 216 g/mol. The lowest BCUT2D eigenvalue weighted by Gasteiger charge is -2.40. The summed E-state index contributed by atoms with van der Waals surface area (Å²) in [6.07, 6.45) is 5.39. The molecule has 0 spiro atoms. The van der Waals surface area contributed by atoms with E-state index in [1.807, 2.05) is 0 Å². The average Bonchev–Trinajstić information content (AvgIpc) is 2.28. The van der Waals surface area contributed by atoms with Crippen molar-refractivity contribution in [2.45, 2.75) is 51.5 Å². The number of nitrogens with zero attached hydrogens (tertiary/aromatic N) is 1. The van der Waals surface area contributed by atoms with Gasteiger partial charge in [-0.2, -0.15) is 0 Å². The molecule has 0 aliphatic heterocycles. The van der Waals surface area contributed by atoms with Gasteiger partial charge in [0, 0.05) is 18.7 Å². The van der Waals surface area contributed by atoms with Gasteiger partial charge in [-0.15, -0.1) is 0 Å². The van der Waals surface area contributed by atoms with Crippen molar-refractivity contribution in [3.8, 4) is 0 Å². The van der Waals surface area contributed by atoms with Crippen LogP contribution in [0.4, 0.5) is 0 Å². The highest BCUT2D eigenvalue weighted by Crippen LogP contribution is 2.21. The third kappa shape index (κ3) is 4.49. The van der Waals surface area contributed by atoms with Crippen LogP contribution >= 0.6 is 0 Å². The van der Waals surface area contributed by atoms with E-state index in [9.17, 15) is 0 Å². The van der Waals surface area contributed by atoms with Crippen molar-refractivity contribution in [3.63, 3.8) is 0 Å². The fourth-order valence-corrected chi connectivity index (χ4v) is 2.11. The van der Waals surface area contributed by atoms with Crippen LogP contribution < -0.4 is 5.73 Å². The summed E-state index contributed by atoms with van der Waals surface area (Å²) >= 11 is 0. The molecule has 0 aliphatic rings. The Bertz CT molecular complexity index is 138. The second-order valence-electron chi connectivity index (χ2n) is 4.34. The lowest BCUT2D eigenvalue weighted by Crippen LogP contribution is -2.51. The standard InChI is InChI=1S/C12H28N2O/c1-4-12(5-2,11-13)14(3)9-7-6-8-10-15/h15H,4-11,13H2,1-3H3. The van der Waals surface area contributed by atoms with E-state index in [0.717, 1.165) is 45.2 Å². The lowest BCUT2D eigenvalue weighted by molar-refractivity contribution is 0.112. The van der Waals surface area contributed by atoms with Crippen LogP contribution in [0.2, 0.25) is 0 Å². The Morgan fingerprint density at radius 1 is 1.13 bits per heavy atom. The molecule has 0 saturated heterocycles. The van der Waals surface area contributed by atoms with Gasteiger partial charge in [-0.3, -0.25) is 4.90 Å². The van der Waals surface area contributed by atoms with Crippen LogP contribution in [0.5, 0.6) is 0 Å². The van der Waals surface area contributed by atoms with Crippen LogP contribution in [0.25, 0.3) is 0 Å².